The van der Waals surface area contributed by atoms with Crippen molar-refractivity contribution in [1.29, 1.82) is 0 Å². The van der Waals surface area contributed by atoms with Gasteiger partial charge in [0.1, 0.15) is 11.4 Å². The van der Waals surface area contributed by atoms with Gasteiger partial charge in [-0.3, -0.25) is 0 Å². The molecule has 0 heterocycles. The molecular formula is C15H22ClFN2O2. The zero-order valence-corrected chi connectivity index (χ0v) is 13.6. The number of halogens is 2. The van der Waals surface area contributed by atoms with Gasteiger partial charge >= 0.3 is 6.09 Å². The highest BCUT2D eigenvalue weighted by atomic mass is 35.5. The molecule has 3 N–H and O–H groups in total. The fourth-order valence-electron chi connectivity index (χ4n) is 1.83. The summed E-state index contributed by atoms with van der Waals surface area (Å²) in [6.45, 7) is 7.53. The average Bonchev–Trinajstić information content (AvgIpc) is 2.37. The highest BCUT2D eigenvalue weighted by Crippen LogP contribution is 2.30. The zero-order chi connectivity index (χ0) is 16.3. The summed E-state index contributed by atoms with van der Waals surface area (Å²) in [5, 5.41) is 2.68. The van der Waals surface area contributed by atoms with Crippen LogP contribution in [0.3, 0.4) is 0 Å². The van der Waals surface area contributed by atoms with Crippen molar-refractivity contribution in [2.75, 3.05) is 13.1 Å². The Morgan fingerprint density at radius 2 is 2.00 bits per heavy atom. The molecule has 0 aliphatic heterocycles. The molecule has 1 amide bonds. The molecule has 4 nitrogen and oxygen atoms in total. The van der Waals surface area contributed by atoms with Gasteiger partial charge in [0.25, 0.3) is 0 Å². The van der Waals surface area contributed by atoms with Gasteiger partial charge in [-0.05, 0) is 32.4 Å². The first-order chi connectivity index (χ1) is 9.59. The van der Waals surface area contributed by atoms with E-state index < -0.39 is 22.9 Å². The normalized spacial score (nSPS) is 14.4. The molecule has 0 aromatic heterocycles. The van der Waals surface area contributed by atoms with Gasteiger partial charge in [0.05, 0.1) is 5.02 Å². The lowest BCUT2D eigenvalue weighted by molar-refractivity contribution is 0.0516. The number of alkyl carbamates (subject to hydrolysis) is 1. The smallest absolute Gasteiger partial charge is 0.407 e. The summed E-state index contributed by atoms with van der Waals surface area (Å²) in [5.41, 5.74) is 5.09. The van der Waals surface area contributed by atoms with Gasteiger partial charge in [-0.2, -0.15) is 0 Å². The van der Waals surface area contributed by atoms with Gasteiger partial charge < -0.3 is 15.8 Å². The third kappa shape index (κ3) is 4.86. The van der Waals surface area contributed by atoms with Crippen LogP contribution in [-0.4, -0.2) is 24.8 Å². The fourth-order valence-corrected chi connectivity index (χ4v) is 2.18. The molecule has 0 aliphatic rings. The number of amides is 1. The van der Waals surface area contributed by atoms with E-state index in [1.165, 1.54) is 6.07 Å². The molecule has 0 saturated heterocycles. The van der Waals surface area contributed by atoms with Crippen molar-refractivity contribution in [3.05, 3.63) is 34.6 Å². The van der Waals surface area contributed by atoms with Gasteiger partial charge in [0.15, 0.2) is 0 Å². The first-order valence-electron chi connectivity index (χ1n) is 6.70. The predicted molar refractivity (Wildman–Crippen MR) is 82.1 cm³/mol. The van der Waals surface area contributed by atoms with Gasteiger partial charge in [-0.15, -0.1) is 0 Å². The number of ether oxygens (including phenoxy) is 1. The Morgan fingerprint density at radius 3 is 2.52 bits per heavy atom. The van der Waals surface area contributed by atoms with E-state index in [4.69, 9.17) is 22.1 Å². The maximum Gasteiger partial charge on any atom is 0.407 e. The Morgan fingerprint density at radius 1 is 1.38 bits per heavy atom. The number of benzene rings is 1. The number of nitrogens with two attached hydrogens (primary N) is 1. The molecule has 0 bridgehead atoms. The number of carbonyl (C=O) groups is 1. The van der Waals surface area contributed by atoms with Crippen molar-refractivity contribution in [2.45, 2.75) is 38.7 Å². The summed E-state index contributed by atoms with van der Waals surface area (Å²) in [5.74, 6) is -0.508. The van der Waals surface area contributed by atoms with Crippen molar-refractivity contribution < 1.29 is 13.9 Å². The van der Waals surface area contributed by atoms with E-state index in [-0.39, 0.29) is 18.1 Å². The summed E-state index contributed by atoms with van der Waals surface area (Å²) in [4.78, 5) is 11.7. The van der Waals surface area contributed by atoms with Crippen molar-refractivity contribution in [2.24, 2.45) is 5.73 Å². The molecule has 1 aromatic carbocycles. The van der Waals surface area contributed by atoms with Gasteiger partial charge in [-0.1, -0.05) is 30.7 Å². The van der Waals surface area contributed by atoms with Crippen LogP contribution in [0.2, 0.25) is 5.02 Å². The van der Waals surface area contributed by atoms with E-state index in [1.807, 2.05) is 6.92 Å². The first kappa shape index (κ1) is 17.7. The standard InChI is InChI=1S/C15H22ClFN2O2/c1-14(2,3)21-13(20)19-9-15(4,8-18)10-6-5-7-11(17)12(10)16/h5-7H,8-9,18H2,1-4H3,(H,19,20). The summed E-state index contributed by atoms with van der Waals surface area (Å²) in [6, 6.07) is 4.55. The molecule has 1 rings (SSSR count). The summed E-state index contributed by atoms with van der Waals surface area (Å²) in [6.07, 6.45) is -0.547. The Kier molecular flexibility index (Phi) is 5.59. The van der Waals surface area contributed by atoms with E-state index in [9.17, 15) is 9.18 Å². The van der Waals surface area contributed by atoms with Crippen LogP contribution in [0.15, 0.2) is 18.2 Å². The molecule has 6 heteroatoms. The quantitative estimate of drug-likeness (QED) is 0.896. The van der Waals surface area contributed by atoms with Crippen LogP contribution in [-0.2, 0) is 10.2 Å². The molecule has 1 aromatic rings. The Bertz CT molecular complexity index is 517. The minimum absolute atomic E-state index is 0.0245. The zero-order valence-electron chi connectivity index (χ0n) is 12.8. The van der Waals surface area contributed by atoms with E-state index in [0.717, 1.165) is 0 Å². The first-order valence-corrected chi connectivity index (χ1v) is 7.08. The summed E-state index contributed by atoms with van der Waals surface area (Å²) in [7, 11) is 0. The largest absolute Gasteiger partial charge is 0.444 e. The summed E-state index contributed by atoms with van der Waals surface area (Å²) < 4.78 is 18.8. The van der Waals surface area contributed by atoms with E-state index >= 15 is 0 Å². The van der Waals surface area contributed by atoms with Crippen LogP contribution in [0.1, 0.15) is 33.3 Å². The molecule has 0 radical (unpaired) electrons. The van der Waals surface area contributed by atoms with Gasteiger partial charge in [0.2, 0.25) is 0 Å². The van der Waals surface area contributed by atoms with Crippen LogP contribution in [0.5, 0.6) is 0 Å². The van der Waals surface area contributed by atoms with Gasteiger partial charge in [-0.25, -0.2) is 9.18 Å². The van der Waals surface area contributed by atoms with Crippen LogP contribution in [0, 0.1) is 5.82 Å². The second-order valence-electron chi connectivity index (χ2n) is 6.22. The lowest BCUT2D eigenvalue weighted by Gasteiger charge is -2.30. The molecule has 118 valence electrons. The Labute approximate surface area is 129 Å². The maximum absolute atomic E-state index is 13.6. The van der Waals surface area contributed by atoms with Crippen LogP contribution < -0.4 is 11.1 Å². The van der Waals surface area contributed by atoms with Crippen LogP contribution in [0.4, 0.5) is 9.18 Å². The second kappa shape index (κ2) is 6.62. The third-order valence-electron chi connectivity index (χ3n) is 3.07. The highest BCUT2D eigenvalue weighted by Gasteiger charge is 2.30. The summed E-state index contributed by atoms with van der Waals surface area (Å²) >= 11 is 6.00. The van der Waals surface area contributed by atoms with Crippen molar-refractivity contribution in [3.63, 3.8) is 0 Å². The predicted octanol–water partition coefficient (Wildman–Crippen LogP) is 3.22. The lowest BCUT2D eigenvalue weighted by Crippen LogP contribution is -2.45. The van der Waals surface area contributed by atoms with E-state index in [2.05, 4.69) is 5.32 Å². The Balaban J connectivity index is 2.86. The molecule has 1 unspecified atom stereocenters. The van der Waals surface area contributed by atoms with Crippen LogP contribution in [0.25, 0.3) is 0 Å². The molecule has 1 atom stereocenters. The molecule has 0 saturated carbocycles. The number of rotatable bonds is 4. The molecule has 21 heavy (non-hydrogen) atoms. The minimum Gasteiger partial charge on any atom is -0.444 e. The van der Waals surface area contributed by atoms with E-state index in [0.29, 0.717) is 5.56 Å². The third-order valence-corrected chi connectivity index (χ3v) is 3.46. The van der Waals surface area contributed by atoms with Crippen molar-refractivity contribution in [1.82, 2.24) is 5.32 Å². The van der Waals surface area contributed by atoms with Crippen molar-refractivity contribution in [3.8, 4) is 0 Å². The Hall–Kier alpha value is -1.33. The fraction of sp³-hybridized carbons (Fsp3) is 0.533. The molecule has 0 fully saturated rings. The number of hydrogen-bond acceptors (Lipinski definition) is 3. The minimum atomic E-state index is -0.684. The monoisotopic (exact) mass is 316 g/mol. The average molecular weight is 317 g/mol. The second-order valence-corrected chi connectivity index (χ2v) is 6.60. The van der Waals surface area contributed by atoms with Gasteiger partial charge in [0, 0.05) is 18.5 Å². The number of carbonyl (C=O) groups excluding carboxylic acids is 1. The number of nitrogens with one attached hydrogen (secondary N) is 1. The van der Waals surface area contributed by atoms with Crippen LogP contribution >= 0.6 is 11.6 Å². The van der Waals surface area contributed by atoms with E-state index in [1.54, 1.807) is 32.9 Å². The SMILES string of the molecule is CC(C)(C)OC(=O)NCC(C)(CN)c1cccc(F)c1Cl. The highest BCUT2D eigenvalue weighted by molar-refractivity contribution is 6.31. The number of hydrogen-bond donors (Lipinski definition) is 2. The lowest BCUT2D eigenvalue weighted by atomic mass is 9.82. The topological polar surface area (TPSA) is 64.3 Å². The molecular weight excluding hydrogens is 295 g/mol. The maximum atomic E-state index is 13.6. The molecule has 0 spiro atoms. The van der Waals surface area contributed by atoms with Crippen molar-refractivity contribution >= 4 is 17.7 Å². The molecule has 0 aliphatic carbocycles.